The molecule has 1 unspecified atom stereocenters. The van der Waals surface area contributed by atoms with Crippen LogP contribution < -0.4 is 5.73 Å². The van der Waals surface area contributed by atoms with Gasteiger partial charge in [0.15, 0.2) is 5.65 Å². The summed E-state index contributed by atoms with van der Waals surface area (Å²) >= 11 is 0. The van der Waals surface area contributed by atoms with E-state index in [2.05, 4.69) is 19.9 Å². The number of nitrogens with two attached hydrogens (primary N) is 1. The molecule has 0 saturated heterocycles. The maximum Gasteiger partial charge on any atom is 0.417 e. The van der Waals surface area contributed by atoms with E-state index in [1.165, 1.54) is 35.5 Å². The van der Waals surface area contributed by atoms with Crippen molar-refractivity contribution in [3.63, 3.8) is 0 Å². The zero-order valence-corrected chi connectivity index (χ0v) is 18.7. The molecule has 0 bridgehead atoms. The number of alkyl halides is 3. The van der Waals surface area contributed by atoms with Crippen molar-refractivity contribution >= 4 is 22.8 Å². The zero-order chi connectivity index (χ0) is 25.3. The van der Waals surface area contributed by atoms with Crippen molar-refractivity contribution in [1.82, 2.24) is 24.8 Å². The summed E-state index contributed by atoms with van der Waals surface area (Å²) < 4.78 is 53.3. The SMILES string of the molecule is Cc1cc2cc(C(=O)N(Cc3ccc(C(F)(F)F)cn3)C(C)c3ncccc3F)cnc2nc1N. The molecule has 0 fully saturated rings. The second-order valence-electron chi connectivity index (χ2n) is 7.98. The van der Waals surface area contributed by atoms with Crippen molar-refractivity contribution in [3.8, 4) is 0 Å². The molecule has 0 saturated carbocycles. The lowest BCUT2D eigenvalue weighted by Crippen LogP contribution is -2.34. The van der Waals surface area contributed by atoms with Crippen LogP contribution in [0.1, 0.15) is 45.8 Å². The molecular formula is C24H20F4N6O. The number of aromatic nitrogens is 4. The van der Waals surface area contributed by atoms with E-state index in [0.29, 0.717) is 28.6 Å². The Hall–Kier alpha value is -4.15. The van der Waals surface area contributed by atoms with Gasteiger partial charge in [0.05, 0.1) is 35.1 Å². The van der Waals surface area contributed by atoms with E-state index in [0.717, 1.165) is 6.07 Å². The van der Waals surface area contributed by atoms with E-state index in [-0.39, 0.29) is 23.5 Å². The Morgan fingerprint density at radius 2 is 1.89 bits per heavy atom. The Bertz CT molecular complexity index is 1390. The highest BCUT2D eigenvalue weighted by atomic mass is 19.4. The van der Waals surface area contributed by atoms with Gasteiger partial charge in [-0.25, -0.2) is 14.4 Å². The molecule has 0 spiro atoms. The molecule has 0 aliphatic carbocycles. The van der Waals surface area contributed by atoms with Gasteiger partial charge in [0.1, 0.15) is 11.6 Å². The summed E-state index contributed by atoms with van der Waals surface area (Å²) in [6.07, 6.45) is -1.14. The number of nitrogen functional groups attached to an aromatic ring is 1. The first-order valence-electron chi connectivity index (χ1n) is 10.5. The molecule has 1 atom stereocenters. The van der Waals surface area contributed by atoms with E-state index in [9.17, 15) is 22.4 Å². The number of pyridine rings is 4. The third-order valence-corrected chi connectivity index (χ3v) is 5.54. The minimum atomic E-state index is -4.54. The molecule has 1 amide bonds. The summed E-state index contributed by atoms with van der Waals surface area (Å²) in [5, 5.41) is 0.576. The van der Waals surface area contributed by atoms with E-state index in [1.807, 2.05) is 0 Å². The Morgan fingerprint density at radius 3 is 2.54 bits per heavy atom. The second-order valence-corrected chi connectivity index (χ2v) is 7.98. The monoisotopic (exact) mass is 484 g/mol. The normalized spacial score (nSPS) is 12.5. The number of anilines is 1. The average molecular weight is 484 g/mol. The van der Waals surface area contributed by atoms with Gasteiger partial charge in [0.2, 0.25) is 0 Å². The maximum absolute atomic E-state index is 14.5. The molecule has 4 aromatic rings. The molecule has 4 aromatic heterocycles. The number of carbonyl (C=O) groups is 1. The van der Waals surface area contributed by atoms with Crippen molar-refractivity contribution in [1.29, 1.82) is 0 Å². The van der Waals surface area contributed by atoms with Crippen molar-refractivity contribution in [3.05, 3.63) is 88.9 Å². The van der Waals surface area contributed by atoms with Crippen molar-refractivity contribution in [2.45, 2.75) is 32.6 Å². The van der Waals surface area contributed by atoms with Crippen LogP contribution in [0.4, 0.5) is 23.4 Å². The molecule has 4 rings (SSSR count). The van der Waals surface area contributed by atoms with Crippen LogP contribution in [0.5, 0.6) is 0 Å². The van der Waals surface area contributed by atoms with Gasteiger partial charge >= 0.3 is 6.18 Å². The van der Waals surface area contributed by atoms with Gasteiger partial charge in [-0.15, -0.1) is 0 Å². The lowest BCUT2D eigenvalue weighted by molar-refractivity contribution is -0.137. The molecular weight excluding hydrogens is 464 g/mol. The van der Waals surface area contributed by atoms with Gasteiger partial charge in [-0.1, -0.05) is 0 Å². The van der Waals surface area contributed by atoms with Gasteiger partial charge in [-0.2, -0.15) is 13.2 Å². The van der Waals surface area contributed by atoms with E-state index >= 15 is 0 Å². The van der Waals surface area contributed by atoms with E-state index in [1.54, 1.807) is 26.0 Å². The van der Waals surface area contributed by atoms with Crippen molar-refractivity contribution < 1.29 is 22.4 Å². The smallest absolute Gasteiger partial charge is 0.383 e. The van der Waals surface area contributed by atoms with Crippen LogP contribution in [0.15, 0.2) is 55.0 Å². The summed E-state index contributed by atoms with van der Waals surface area (Å²) in [6.45, 7) is 3.16. The highest BCUT2D eigenvalue weighted by Crippen LogP contribution is 2.30. The molecule has 0 aliphatic rings. The highest BCUT2D eigenvalue weighted by molar-refractivity contribution is 5.97. The number of carbonyl (C=O) groups excluding carboxylic acids is 1. The van der Waals surface area contributed by atoms with Crippen molar-refractivity contribution in [2.75, 3.05) is 5.73 Å². The van der Waals surface area contributed by atoms with Gasteiger partial charge in [-0.05, 0) is 55.8 Å². The fourth-order valence-corrected chi connectivity index (χ4v) is 3.56. The number of amides is 1. The summed E-state index contributed by atoms with van der Waals surface area (Å²) in [5.74, 6) is -0.837. The molecule has 11 heteroatoms. The van der Waals surface area contributed by atoms with Gasteiger partial charge in [0, 0.05) is 24.0 Å². The molecule has 2 N–H and O–H groups in total. The van der Waals surface area contributed by atoms with Gasteiger partial charge in [0.25, 0.3) is 5.91 Å². The fraction of sp³-hybridized carbons (Fsp3) is 0.208. The number of hydrogen-bond acceptors (Lipinski definition) is 6. The summed E-state index contributed by atoms with van der Waals surface area (Å²) in [7, 11) is 0. The fourth-order valence-electron chi connectivity index (χ4n) is 3.56. The highest BCUT2D eigenvalue weighted by Gasteiger charge is 2.31. The molecule has 0 radical (unpaired) electrons. The molecule has 0 aliphatic heterocycles. The predicted molar refractivity (Wildman–Crippen MR) is 120 cm³/mol. The molecule has 7 nitrogen and oxygen atoms in total. The Kier molecular flexibility index (Phi) is 6.33. The quantitative estimate of drug-likeness (QED) is 0.406. The maximum atomic E-state index is 14.5. The van der Waals surface area contributed by atoms with Crippen LogP contribution in [0.2, 0.25) is 0 Å². The summed E-state index contributed by atoms with van der Waals surface area (Å²) in [4.78, 5) is 31.2. The molecule has 4 heterocycles. The minimum Gasteiger partial charge on any atom is -0.383 e. The minimum absolute atomic E-state index is 0.00629. The first-order valence-corrected chi connectivity index (χ1v) is 10.5. The van der Waals surface area contributed by atoms with Crippen LogP contribution in [0, 0.1) is 12.7 Å². The average Bonchev–Trinajstić information content (AvgIpc) is 2.82. The van der Waals surface area contributed by atoms with Gasteiger partial charge in [-0.3, -0.25) is 14.8 Å². The molecule has 35 heavy (non-hydrogen) atoms. The van der Waals surface area contributed by atoms with Crippen LogP contribution in [-0.4, -0.2) is 30.7 Å². The van der Waals surface area contributed by atoms with Crippen LogP contribution in [-0.2, 0) is 12.7 Å². The summed E-state index contributed by atoms with van der Waals surface area (Å²) in [5.41, 5.74) is 6.35. The van der Waals surface area contributed by atoms with Crippen molar-refractivity contribution in [2.24, 2.45) is 0 Å². The third-order valence-electron chi connectivity index (χ3n) is 5.54. The molecule has 0 aromatic carbocycles. The first-order chi connectivity index (χ1) is 16.5. The lowest BCUT2D eigenvalue weighted by Gasteiger charge is -2.29. The van der Waals surface area contributed by atoms with Crippen LogP contribution in [0.25, 0.3) is 11.0 Å². The predicted octanol–water partition coefficient (Wildman–Crippen LogP) is 4.87. The number of fused-ring (bicyclic) bond motifs is 1. The number of hydrogen-bond donors (Lipinski definition) is 1. The first kappa shape index (κ1) is 24.0. The van der Waals surface area contributed by atoms with Crippen LogP contribution in [0.3, 0.4) is 0 Å². The topological polar surface area (TPSA) is 97.9 Å². The molecule has 180 valence electrons. The Balaban J connectivity index is 1.73. The zero-order valence-electron chi connectivity index (χ0n) is 18.7. The Labute approximate surface area is 197 Å². The van der Waals surface area contributed by atoms with Gasteiger partial charge < -0.3 is 10.6 Å². The second kappa shape index (κ2) is 9.24. The van der Waals surface area contributed by atoms with Crippen LogP contribution >= 0.6 is 0 Å². The third kappa shape index (κ3) is 5.03. The lowest BCUT2D eigenvalue weighted by atomic mass is 10.1. The summed E-state index contributed by atoms with van der Waals surface area (Å²) in [6, 6.07) is 7.16. The van der Waals surface area contributed by atoms with E-state index in [4.69, 9.17) is 5.73 Å². The number of nitrogens with zero attached hydrogens (tertiary/aromatic N) is 5. The standard InChI is InChI=1S/C24H20F4N6O/c1-13-8-15-9-16(10-32-22(15)33-21(13)29)23(35)34(14(2)20-19(25)4-3-7-30-20)12-18-6-5-17(11-31-18)24(26,27)28/h3-11,14H,12H2,1-2H3,(H2,29,32,33). The number of rotatable bonds is 5. The van der Waals surface area contributed by atoms with E-state index < -0.39 is 29.5 Å². The number of halogens is 4. The largest absolute Gasteiger partial charge is 0.417 e. The Morgan fingerprint density at radius 1 is 1.11 bits per heavy atom. The number of aryl methyl sites for hydroxylation is 1.